The number of nitrogens with zero attached hydrogens (tertiary/aromatic N) is 2. The van der Waals surface area contributed by atoms with E-state index in [9.17, 15) is 23.1 Å². The van der Waals surface area contributed by atoms with Crippen LogP contribution in [-0.2, 0) is 0 Å². The molecule has 0 bridgehead atoms. The Bertz CT molecular complexity index is 598. The van der Waals surface area contributed by atoms with Gasteiger partial charge in [-0.15, -0.1) is 0 Å². The molecule has 112 valence electrons. The first-order chi connectivity index (χ1) is 9.83. The maximum atomic E-state index is 13.2. The molecular formula is C13H12F3N3O2. The van der Waals surface area contributed by atoms with Crippen molar-refractivity contribution in [2.45, 2.75) is 24.7 Å². The van der Waals surface area contributed by atoms with E-state index in [0.29, 0.717) is 6.08 Å². The van der Waals surface area contributed by atoms with Crippen molar-refractivity contribution in [1.29, 1.82) is 0 Å². The monoisotopic (exact) mass is 299 g/mol. The van der Waals surface area contributed by atoms with Crippen molar-refractivity contribution in [3.8, 4) is 0 Å². The molecule has 0 spiro atoms. The summed E-state index contributed by atoms with van der Waals surface area (Å²) < 4.78 is 39.6. The van der Waals surface area contributed by atoms with Gasteiger partial charge < -0.3 is 5.11 Å². The van der Waals surface area contributed by atoms with Crippen LogP contribution < -0.4 is 5.43 Å². The lowest BCUT2D eigenvalue weighted by Gasteiger charge is -2.33. The number of halogens is 3. The maximum Gasteiger partial charge on any atom is 0.442 e. The Morgan fingerprint density at radius 3 is 2.52 bits per heavy atom. The molecule has 1 fully saturated rings. The van der Waals surface area contributed by atoms with Gasteiger partial charge in [0.25, 0.3) is 11.6 Å². The van der Waals surface area contributed by atoms with Crippen LogP contribution in [0.5, 0.6) is 0 Å². The second kappa shape index (κ2) is 4.45. The van der Waals surface area contributed by atoms with Crippen molar-refractivity contribution in [1.82, 2.24) is 15.4 Å². The van der Waals surface area contributed by atoms with Gasteiger partial charge in [-0.25, -0.2) is 5.01 Å². The third-order valence-electron chi connectivity index (χ3n) is 3.50. The van der Waals surface area contributed by atoms with E-state index in [1.165, 1.54) is 24.5 Å². The zero-order valence-corrected chi connectivity index (χ0v) is 10.8. The number of rotatable bonds is 2. The largest absolute Gasteiger partial charge is 0.442 e. The van der Waals surface area contributed by atoms with Crippen molar-refractivity contribution in [2.24, 2.45) is 5.92 Å². The number of allylic oxidation sites excluding steroid dienone is 1. The number of pyridine rings is 1. The van der Waals surface area contributed by atoms with Crippen LogP contribution in [-0.4, -0.2) is 32.9 Å². The number of alkyl halides is 3. The Hall–Kier alpha value is -2.09. The number of amides is 1. The minimum Gasteiger partial charge on any atom is -0.359 e. The fourth-order valence-corrected chi connectivity index (χ4v) is 2.17. The van der Waals surface area contributed by atoms with Crippen LogP contribution in [0.3, 0.4) is 0 Å². The van der Waals surface area contributed by atoms with E-state index in [-0.39, 0.29) is 22.2 Å². The number of aliphatic hydroxyl groups is 1. The third-order valence-corrected chi connectivity index (χ3v) is 3.50. The van der Waals surface area contributed by atoms with Crippen LogP contribution in [0.4, 0.5) is 13.2 Å². The lowest BCUT2D eigenvalue weighted by Crippen LogP contribution is -2.60. The molecule has 1 amide bonds. The van der Waals surface area contributed by atoms with Crippen molar-refractivity contribution in [3.05, 3.63) is 41.9 Å². The molecule has 2 heterocycles. The quantitative estimate of drug-likeness (QED) is 0.870. The Morgan fingerprint density at radius 1 is 1.38 bits per heavy atom. The number of carbonyl (C=O) groups excluding carboxylic acids is 1. The zero-order chi connectivity index (χ0) is 15.3. The highest BCUT2D eigenvalue weighted by Gasteiger charge is 2.62. The van der Waals surface area contributed by atoms with Crippen LogP contribution in [0.15, 0.2) is 36.3 Å². The zero-order valence-electron chi connectivity index (χ0n) is 10.8. The molecule has 2 aliphatic rings. The maximum absolute atomic E-state index is 13.2. The van der Waals surface area contributed by atoms with Gasteiger partial charge >= 0.3 is 6.18 Å². The lowest BCUT2D eigenvalue weighted by molar-refractivity contribution is -0.283. The Balaban J connectivity index is 1.96. The van der Waals surface area contributed by atoms with Crippen LogP contribution in [0, 0.1) is 5.92 Å². The number of hydrazine groups is 1. The molecule has 1 unspecified atom stereocenters. The van der Waals surface area contributed by atoms with Gasteiger partial charge in [0.15, 0.2) is 0 Å². The molecule has 3 rings (SSSR count). The highest BCUT2D eigenvalue weighted by molar-refractivity contribution is 5.94. The minimum absolute atomic E-state index is 0.00521. The summed E-state index contributed by atoms with van der Waals surface area (Å²) in [6.45, 7) is 0. The predicted molar refractivity (Wildman–Crippen MR) is 65.4 cm³/mol. The summed E-state index contributed by atoms with van der Waals surface area (Å²) in [5, 5.41) is 10.2. The molecule has 1 saturated carbocycles. The second-order valence-corrected chi connectivity index (χ2v) is 5.09. The van der Waals surface area contributed by atoms with E-state index in [1.807, 2.05) is 0 Å². The summed E-state index contributed by atoms with van der Waals surface area (Å²) >= 11 is 0. The summed E-state index contributed by atoms with van der Waals surface area (Å²) in [6, 6.07) is 2.58. The highest BCUT2D eigenvalue weighted by atomic mass is 19.4. The van der Waals surface area contributed by atoms with Gasteiger partial charge in [0.1, 0.15) is 0 Å². The normalized spacial score (nSPS) is 25.5. The SMILES string of the molecule is O=C(c1ccncc1)N1NC(C2CC2)=CC1(O)C(F)(F)F. The fraction of sp³-hybridized carbons (Fsp3) is 0.385. The number of hydrogen-bond acceptors (Lipinski definition) is 4. The molecule has 1 atom stereocenters. The van der Waals surface area contributed by atoms with E-state index in [1.54, 1.807) is 0 Å². The molecule has 1 aromatic rings. The average Bonchev–Trinajstić information content (AvgIpc) is 3.22. The van der Waals surface area contributed by atoms with E-state index >= 15 is 0 Å². The average molecular weight is 299 g/mol. The smallest absolute Gasteiger partial charge is 0.359 e. The molecule has 1 aromatic heterocycles. The number of nitrogens with one attached hydrogen (secondary N) is 1. The lowest BCUT2D eigenvalue weighted by atomic mass is 10.1. The molecule has 2 N–H and O–H groups in total. The fourth-order valence-electron chi connectivity index (χ4n) is 2.17. The van der Waals surface area contributed by atoms with Crippen LogP contribution in [0.25, 0.3) is 0 Å². The van der Waals surface area contributed by atoms with Gasteiger partial charge in [-0.05, 0) is 25.0 Å². The predicted octanol–water partition coefficient (Wildman–Crippen LogP) is 1.59. The minimum atomic E-state index is -5.00. The van der Waals surface area contributed by atoms with E-state index in [0.717, 1.165) is 12.8 Å². The molecule has 8 heteroatoms. The van der Waals surface area contributed by atoms with Crippen LogP contribution in [0.1, 0.15) is 23.2 Å². The van der Waals surface area contributed by atoms with E-state index in [2.05, 4.69) is 10.4 Å². The Morgan fingerprint density at radius 2 is 2.00 bits per heavy atom. The summed E-state index contributed by atoms with van der Waals surface area (Å²) in [5.74, 6) is -1.03. The number of hydrogen-bond donors (Lipinski definition) is 2. The molecule has 0 radical (unpaired) electrons. The molecule has 5 nitrogen and oxygen atoms in total. The van der Waals surface area contributed by atoms with E-state index < -0.39 is 17.8 Å². The summed E-state index contributed by atoms with van der Waals surface area (Å²) in [4.78, 5) is 15.9. The first-order valence-electron chi connectivity index (χ1n) is 6.36. The Kier molecular flexibility index (Phi) is 2.94. The Labute approximate surface area is 118 Å². The van der Waals surface area contributed by atoms with Crippen molar-refractivity contribution in [2.75, 3.05) is 0 Å². The van der Waals surface area contributed by atoms with Crippen molar-refractivity contribution < 1.29 is 23.1 Å². The first kappa shape index (κ1) is 13.9. The summed E-state index contributed by atoms with van der Waals surface area (Å²) in [7, 11) is 0. The van der Waals surface area contributed by atoms with Crippen LogP contribution >= 0.6 is 0 Å². The van der Waals surface area contributed by atoms with Crippen LogP contribution in [0.2, 0.25) is 0 Å². The third kappa shape index (κ3) is 2.25. The van der Waals surface area contributed by atoms with Crippen molar-refractivity contribution >= 4 is 5.91 Å². The number of carbonyl (C=O) groups is 1. The highest BCUT2D eigenvalue weighted by Crippen LogP contribution is 2.44. The molecular weight excluding hydrogens is 287 g/mol. The second-order valence-electron chi connectivity index (χ2n) is 5.09. The van der Waals surface area contributed by atoms with Gasteiger partial charge in [0, 0.05) is 35.6 Å². The molecule has 1 aliphatic carbocycles. The summed E-state index contributed by atoms with van der Waals surface area (Å²) in [6.07, 6.45) is -0.243. The molecule has 0 aromatic carbocycles. The molecule has 21 heavy (non-hydrogen) atoms. The molecule has 1 aliphatic heterocycles. The van der Waals surface area contributed by atoms with Gasteiger partial charge in [0.05, 0.1) is 0 Å². The number of aromatic nitrogens is 1. The first-order valence-corrected chi connectivity index (χ1v) is 6.36. The topological polar surface area (TPSA) is 65.5 Å². The van der Waals surface area contributed by atoms with Crippen molar-refractivity contribution in [3.63, 3.8) is 0 Å². The standard InChI is InChI=1S/C13H12F3N3O2/c14-13(15,16)12(21)7-10(8-1-2-8)18-19(12)11(20)9-3-5-17-6-4-9/h3-8,18,21H,1-2H2. The summed E-state index contributed by atoms with van der Waals surface area (Å²) in [5.41, 5.74) is -0.700. The van der Waals surface area contributed by atoms with Gasteiger partial charge in [-0.2, -0.15) is 13.2 Å². The van der Waals surface area contributed by atoms with E-state index in [4.69, 9.17) is 0 Å². The molecule has 0 saturated heterocycles. The van der Waals surface area contributed by atoms with Gasteiger partial charge in [-0.3, -0.25) is 15.2 Å². The van der Waals surface area contributed by atoms with Gasteiger partial charge in [0.2, 0.25) is 0 Å². The van der Waals surface area contributed by atoms with Gasteiger partial charge in [-0.1, -0.05) is 0 Å².